The molecule has 0 unspecified atom stereocenters. The number of hydrogen-bond acceptors (Lipinski definition) is 3. The van der Waals surface area contributed by atoms with Gasteiger partial charge in [-0.2, -0.15) is 5.10 Å². The van der Waals surface area contributed by atoms with E-state index in [4.69, 9.17) is 11.6 Å². The second-order valence-corrected chi connectivity index (χ2v) is 7.49. The molecule has 1 amide bonds. The summed E-state index contributed by atoms with van der Waals surface area (Å²) in [7, 11) is 0. The number of aryl methyl sites for hydroxylation is 1. The summed E-state index contributed by atoms with van der Waals surface area (Å²) in [5.41, 5.74) is 0.270. The molecule has 0 spiro atoms. The molecule has 1 aliphatic rings. The number of nitrogens with one attached hydrogen (secondary N) is 1. The fraction of sp³-hybridized carbons (Fsp3) is 0.611. The zero-order valence-corrected chi connectivity index (χ0v) is 15.8. The van der Waals surface area contributed by atoms with E-state index < -0.39 is 17.4 Å². The molecule has 25 heavy (non-hydrogen) atoms. The van der Waals surface area contributed by atoms with Crippen molar-refractivity contribution in [2.75, 3.05) is 0 Å². The van der Waals surface area contributed by atoms with E-state index in [0.717, 1.165) is 25.0 Å². The lowest BCUT2D eigenvalue weighted by Crippen LogP contribution is -2.55. The fourth-order valence-corrected chi connectivity index (χ4v) is 3.51. The second-order valence-electron chi connectivity index (χ2n) is 7.14. The van der Waals surface area contributed by atoms with Gasteiger partial charge in [-0.15, -0.1) is 0 Å². The second kappa shape index (κ2) is 8.04. The zero-order chi connectivity index (χ0) is 18.6. The van der Waals surface area contributed by atoms with Gasteiger partial charge in [0.25, 0.3) is 0 Å². The number of carboxylic acid groups (broad SMARTS) is 1. The number of amides is 1. The molecular weight excluding hydrogens is 342 g/mol. The van der Waals surface area contributed by atoms with Crippen LogP contribution in [0.2, 0.25) is 5.15 Å². The van der Waals surface area contributed by atoms with Crippen molar-refractivity contribution in [3.8, 4) is 0 Å². The van der Waals surface area contributed by atoms with Crippen LogP contribution in [0.1, 0.15) is 57.2 Å². The van der Waals surface area contributed by atoms with Gasteiger partial charge in [-0.1, -0.05) is 44.7 Å². The van der Waals surface area contributed by atoms with Crippen molar-refractivity contribution in [3.05, 3.63) is 22.5 Å². The molecule has 138 valence electrons. The van der Waals surface area contributed by atoms with E-state index in [9.17, 15) is 14.7 Å². The van der Waals surface area contributed by atoms with Gasteiger partial charge < -0.3 is 10.4 Å². The molecule has 1 saturated carbocycles. The minimum atomic E-state index is -1.15. The molecule has 1 fully saturated rings. The first-order valence-electron chi connectivity index (χ1n) is 8.72. The number of aliphatic carboxylic acids is 1. The Labute approximate surface area is 153 Å². The van der Waals surface area contributed by atoms with Gasteiger partial charge in [-0.05, 0) is 31.8 Å². The molecule has 0 aliphatic heterocycles. The molecule has 1 aromatic rings. The van der Waals surface area contributed by atoms with Crippen LogP contribution in [-0.4, -0.2) is 32.3 Å². The van der Waals surface area contributed by atoms with Gasteiger partial charge in [0.2, 0.25) is 5.91 Å². The zero-order valence-electron chi connectivity index (χ0n) is 15.0. The van der Waals surface area contributed by atoms with Crippen LogP contribution in [0.5, 0.6) is 0 Å². The Hall–Kier alpha value is -1.82. The first-order valence-corrected chi connectivity index (χ1v) is 9.09. The molecule has 0 saturated heterocycles. The highest BCUT2D eigenvalue weighted by Gasteiger charge is 2.40. The molecular formula is C18H26ClN3O3. The minimum Gasteiger partial charge on any atom is -0.480 e. The van der Waals surface area contributed by atoms with Gasteiger partial charge in [0, 0.05) is 18.2 Å². The standard InChI is InChI=1S/C18H26ClN3O3/c1-12(2)11-22-16(19)14(13(3)21-22)7-8-15(23)20-18(17(24)25)9-5-4-6-10-18/h7-8,12H,4-6,9-11H2,1-3H3,(H,20,23)(H,24,25)/b8-7+. The van der Waals surface area contributed by atoms with Crippen molar-refractivity contribution in [2.45, 2.75) is 65.0 Å². The summed E-state index contributed by atoms with van der Waals surface area (Å²) in [5, 5.41) is 17.1. The van der Waals surface area contributed by atoms with Crippen LogP contribution >= 0.6 is 11.6 Å². The average molecular weight is 368 g/mol. The number of nitrogens with zero attached hydrogens (tertiary/aromatic N) is 2. The van der Waals surface area contributed by atoms with Crippen molar-refractivity contribution < 1.29 is 14.7 Å². The van der Waals surface area contributed by atoms with Crippen molar-refractivity contribution in [2.24, 2.45) is 5.92 Å². The van der Waals surface area contributed by atoms with Crippen LogP contribution in [0.15, 0.2) is 6.08 Å². The predicted molar refractivity (Wildman–Crippen MR) is 97.4 cm³/mol. The largest absolute Gasteiger partial charge is 0.480 e. The van der Waals surface area contributed by atoms with E-state index in [1.165, 1.54) is 6.08 Å². The van der Waals surface area contributed by atoms with Crippen LogP contribution in [0.4, 0.5) is 0 Å². The summed E-state index contributed by atoms with van der Waals surface area (Å²) < 4.78 is 1.72. The van der Waals surface area contributed by atoms with Crippen molar-refractivity contribution in [1.29, 1.82) is 0 Å². The van der Waals surface area contributed by atoms with E-state index in [2.05, 4.69) is 24.3 Å². The summed E-state index contributed by atoms with van der Waals surface area (Å²) in [6, 6.07) is 0. The van der Waals surface area contributed by atoms with E-state index in [1.54, 1.807) is 10.8 Å². The third kappa shape index (κ3) is 4.63. The van der Waals surface area contributed by atoms with E-state index in [1.807, 2.05) is 6.92 Å². The van der Waals surface area contributed by atoms with Crippen molar-refractivity contribution in [3.63, 3.8) is 0 Å². The summed E-state index contributed by atoms with van der Waals surface area (Å²) in [4.78, 5) is 23.9. The van der Waals surface area contributed by atoms with Crippen LogP contribution in [0.3, 0.4) is 0 Å². The topological polar surface area (TPSA) is 84.2 Å². The highest BCUT2D eigenvalue weighted by Crippen LogP contribution is 2.28. The Morgan fingerprint density at radius 3 is 2.56 bits per heavy atom. The van der Waals surface area contributed by atoms with Gasteiger partial charge >= 0.3 is 5.97 Å². The number of carboxylic acids is 1. The van der Waals surface area contributed by atoms with Gasteiger partial charge in [-0.25, -0.2) is 4.79 Å². The lowest BCUT2D eigenvalue weighted by atomic mass is 9.81. The average Bonchev–Trinajstić information content (AvgIpc) is 2.79. The van der Waals surface area contributed by atoms with Crippen LogP contribution in [0.25, 0.3) is 6.08 Å². The van der Waals surface area contributed by atoms with Gasteiger partial charge in [0.15, 0.2) is 0 Å². The number of aromatic nitrogens is 2. The van der Waals surface area contributed by atoms with Gasteiger partial charge in [-0.3, -0.25) is 9.48 Å². The van der Waals surface area contributed by atoms with Gasteiger partial charge in [0.1, 0.15) is 10.7 Å². The maximum absolute atomic E-state index is 12.3. The fourth-order valence-electron chi connectivity index (χ4n) is 3.21. The molecule has 0 aromatic carbocycles. The number of hydrogen-bond donors (Lipinski definition) is 2. The summed E-state index contributed by atoms with van der Waals surface area (Å²) >= 11 is 6.35. The first-order chi connectivity index (χ1) is 11.7. The molecule has 6 nitrogen and oxygen atoms in total. The molecule has 2 rings (SSSR count). The number of carbonyl (C=O) groups excluding carboxylic acids is 1. The van der Waals surface area contributed by atoms with E-state index in [0.29, 0.717) is 36.0 Å². The number of carbonyl (C=O) groups is 2. The lowest BCUT2D eigenvalue weighted by molar-refractivity contribution is -0.148. The third-order valence-corrected chi connectivity index (χ3v) is 4.93. The highest BCUT2D eigenvalue weighted by atomic mass is 35.5. The molecule has 1 aliphatic carbocycles. The minimum absolute atomic E-state index is 0.402. The summed E-state index contributed by atoms with van der Waals surface area (Å²) in [6.07, 6.45) is 6.50. The lowest BCUT2D eigenvalue weighted by Gasteiger charge is -2.33. The Kier molecular flexibility index (Phi) is 6.27. The molecule has 1 heterocycles. The summed E-state index contributed by atoms with van der Waals surface area (Å²) in [6.45, 7) is 6.68. The quantitative estimate of drug-likeness (QED) is 0.754. The third-order valence-electron chi connectivity index (χ3n) is 4.53. The summed E-state index contributed by atoms with van der Waals surface area (Å²) in [5.74, 6) is -0.983. The maximum Gasteiger partial charge on any atom is 0.329 e. The van der Waals surface area contributed by atoms with E-state index in [-0.39, 0.29) is 0 Å². The van der Waals surface area contributed by atoms with Crippen LogP contribution in [0, 0.1) is 12.8 Å². The SMILES string of the molecule is Cc1nn(CC(C)C)c(Cl)c1/C=C/C(=O)NC1(C(=O)O)CCCCC1. The normalized spacial score (nSPS) is 17.2. The Morgan fingerprint density at radius 1 is 1.36 bits per heavy atom. The Balaban J connectivity index is 2.12. The van der Waals surface area contributed by atoms with Crippen LogP contribution < -0.4 is 5.32 Å². The predicted octanol–water partition coefficient (Wildman–Crippen LogP) is 3.42. The molecule has 0 atom stereocenters. The maximum atomic E-state index is 12.3. The van der Waals surface area contributed by atoms with Gasteiger partial charge in [0.05, 0.1) is 5.69 Å². The molecule has 7 heteroatoms. The monoisotopic (exact) mass is 367 g/mol. The van der Waals surface area contributed by atoms with E-state index >= 15 is 0 Å². The first kappa shape index (κ1) is 19.5. The molecule has 1 aromatic heterocycles. The van der Waals surface area contributed by atoms with Crippen molar-refractivity contribution in [1.82, 2.24) is 15.1 Å². The number of rotatable bonds is 6. The van der Waals surface area contributed by atoms with Crippen molar-refractivity contribution >= 4 is 29.6 Å². The Morgan fingerprint density at radius 2 is 2.00 bits per heavy atom. The smallest absolute Gasteiger partial charge is 0.329 e. The number of halogens is 1. The van der Waals surface area contributed by atoms with Crippen LogP contribution in [-0.2, 0) is 16.1 Å². The Bertz CT molecular complexity index is 673. The molecule has 2 N–H and O–H groups in total. The molecule has 0 bridgehead atoms. The molecule has 0 radical (unpaired) electrons. The highest BCUT2D eigenvalue weighted by molar-refractivity contribution is 6.31.